The van der Waals surface area contributed by atoms with Gasteiger partial charge in [-0.2, -0.15) is 0 Å². The Hall–Kier alpha value is -1.95. The fourth-order valence-electron chi connectivity index (χ4n) is 4.86. The molecule has 0 spiro atoms. The fraction of sp³-hybridized carbons (Fsp3) is 0.480. The number of hydrogen-bond donors (Lipinski definition) is 1. The molecular weight excluding hydrogens is 390 g/mol. The molecule has 162 valence electrons. The first kappa shape index (κ1) is 22.7. The van der Waals surface area contributed by atoms with Gasteiger partial charge < -0.3 is 14.9 Å². The maximum atomic E-state index is 12.5. The average Bonchev–Trinajstić information content (AvgIpc) is 3.10. The van der Waals surface area contributed by atoms with Gasteiger partial charge in [0, 0.05) is 18.6 Å². The Morgan fingerprint density at radius 3 is 2.00 bits per heavy atom. The van der Waals surface area contributed by atoms with Crippen LogP contribution < -0.4 is 16.1 Å². The number of nitrogens with two attached hydrogens (primary N) is 1. The highest BCUT2D eigenvalue weighted by Crippen LogP contribution is 2.39. The predicted molar refractivity (Wildman–Crippen MR) is 124 cm³/mol. The molecule has 0 heterocycles. The van der Waals surface area contributed by atoms with Crippen molar-refractivity contribution in [3.8, 4) is 0 Å². The summed E-state index contributed by atoms with van der Waals surface area (Å²) in [6.45, 7) is 9.50. The zero-order chi connectivity index (χ0) is 21.8. The molecule has 4 nitrogen and oxygen atoms in total. The number of benzene rings is 2. The van der Waals surface area contributed by atoms with Crippen molar-refractivity contribution in [3.05, 3.63) is 60.7 Å². The molecule has 0 amide bonds. The molecule has 3 unspecified atom stereocenters. The smallest absolute Gasteiger partial charge is 0.309 e. The zero-order valence-corrected chi connectivity index (χ0v) is 19.6. The van der Waals surface area contributed by atoms with E-state index in [9.17, 15) is 4.79 Å². The van der Waals surface area contributed by atoms with E-state index >= 15 is 0 Å². The van der Waals surface area contributed by atoms with Crippen molar-refractivity contribution in [1.82, 2.24) is 0 Å². The zero-order valence-electron chi connectivity index (χ0n) is 18.6. The summed E-state index contributed by atoms with van der Waals surface area (Å²) in [6.07, 6.45) is 1.60. The third-order valence-corrected chi connectivity index (χ3v) is 11.4. The van der Waals surface area contributed by atoms with E-state index in [-0.39, 0.29) is 28.9 Å². The van der Waals surface area contributed by atoms with Crippen molar-refractivity contribution < 1.29 is 14.0 Å². The number of hydrogen-bond acceptors (Lipinski definition) is 4. The molecule has 3 rings (SSSR count). The molecule has 1 aliphatic rings. The molecule has 2 N–H and O–H groups in total. The molecule has 0 radical (unpaired) electrons. The van der Waals surface area contributed by atoms with E-state index in [1.54, 1.807) is 0 Å². The molecule has 0 aliphatic heterocycles. The highest BCUT2D eigenvalue weighted by Gasteiger charge is 2.51. The minimum absolute atomic E-state index is 0.0225. The van der Waals surface area contributed by atoms with Crippen molar-refractivity contribution >= 4 is 24.7 Å². The van der Waals surface area contributed by atoms with E-state index in [0.717, 1.165) is 12.8 Å². The van der Waals surface area contributed by atoms with Crippen LogP contribution in [0.2, 0.25) is 5.04 Å². The topological polar surface area (TPSA) is 61.5 Å². The normalized spacial score (nSPS) is 22.1. The summed E-state index contributed by atoms with van der Waals surface area (Å²) < 4.78 is 12.4. The highest BCUT2D eigenvalue weighted by atomic mass is 28.4. The largest absolute Gasteiger partial charge is 0.466 e. The van der Waals surface area contributed by atoms with Gasteiger partial charge in [0.25, 0.3) is 8.32 Å². The van der Waals surface area contributed by atoms with Gasteiger partial charge in [-0.25, -0.2) is 0 Å². The lowest BCUT2D eigenvalue weighted by Crippen LogP contribution is -2.67. The Bertz CT molecular complexity index is 780. The molecule has 1 fully saturated rings. The van der Waals surface area contributed by atoms with E-state index in [4.69, 9.17) is 14.9 Å². The Labute approximate surface area is 181 Å². The van der Waals surface area contributed by atoms with Gasteiger partial charge in [0.1, 0.15) is 0 Å². The van der Waals surface area contributed by atoms with Crippen molar-refractivity contribution in [3.63, 3.8) is 0 Å². The molecule has 0 aromatic heterocycles. The summed E-state index contributed by atoms with van der Waals surface area (Å²) >= 11 is 0. The van der Waals surface area contributed by atoms with Gasteiger partial charge in [-0.3, -0.25) is 4.79 Å². The van der Waals surface area contributed by atoms with Crippen LogP contribution in [0.4, 0.5) is 0 Å². The SMILES string of the molecule is CCOC(=O)C1CCC(N)C1CO[Si](c1ccccc1)(c1ccccc1)C(C)(C)C. The third kappa shape index (κ3) is 4.38. The maximum Gasteiger partial charge on any atom is 0.309 e. The molecule has 30 heavy (non-hydrogen) atoms. The standard InChI is InChI=1S/C25H35NO3Si/c1-5-28-24(27)21-16-17-23(26)22(21)18-29-30(25(2,3)4,19-12-8-6-9-13-19)20-14-10-7-11-15-20/h6-15,21-23H,5,16-18,26H2,1-4H3. The number of esters is 1. The van der Waals surface area contributed by atoms with Gasteiger partial charge in [-0.15, -0.1) is 0 Å². The van der Waals surface area contributed by atoms with E-state index in [1.165, 1.54) is 10.4 Å². The lowest BCUT2D eigenvalue weighted by molar-refractivity contribution is -0.149. The van der Waals surface area contributed by atoms with Gasteiger partial charge in [0.05, 0.1) is 12.5 Å². The van der Waals surface area contributed by atoms with Crippen LogP contribution in [0.5, 0.6) is 0 Å². The number of carbonyl (C=O) groups is 1. The van der Waals surface area contributed by atoms with Crippen molar-refractivity contribution in [2.45, 2.75) is 51.6 Å². The Morgan fingerprint density at radius 1 is 1.00 bits per heavy atom. The molecule has 0 saturated heterocycles. The number of rotatable bonds is 7. The van der Waals surface area contributed by atoms with Gasteiger partial charge in [-0.1, -0.05) is 81.4 Å². The first-order chi connectivity index (χ1) is 14.3. The predicted octanol–water partition coefficient (Wildman–Crippen LogP) is 3.48. The minimum Gasteiger partial charge on any atom is -0.466 e. The summed E-state index contributed by atoms with van der Waals surface area (Å²) in [6, 6.07) is 21.1. The Morgan fingerprint density at radius 2 is 1.53 bits per heavy atom. The molecule has 0 bridgehead atoms. The van der Waals surface area contributed by atoms with Gasteiger partial charge in [0.2, 0.25) is 0 Å². The molecule has 3 atom stereocenters. The lowest BCUT2D eigenvalue weighted by atomic mass is 9.95. The molecule has 5 heteroatoms. The Balaban J connectivity index is 2.00. The van der Waals surface area contributed by atoms with E-state index in [2.05, 4.69) is 69.3 Å². The van der Waals surface area contributed by atoms with Crippen LogP contribution in [0.3, 0.4) is 0 Å². The summed E-state index contributed by atoms with van der Waals surface area (Å²) in [5, 5.41) is 2.38. The van der Waals surface area contributed by atoms with Crippen LogP contribution in [-0.4, -0.2) is 33.5 Å². The average molecular weight is 426 g/mol. The van der Waals surface area contributed by atoms with Crippen LogP contribution >= 0.6 is 0 Å². The van der Waals surface area contributed by atoms with Crippen LogP contribution in [0, 0.1) is 11.8 Å². The van der Waals surface area contributed by atoms with Crippen molar-refractivity contribution in [2.24, 2.45) is 17.6 Å². The minimum atomic E-state index is -2.64. The first-order valence-electron chi connectivity index (χ1n) is 11.0. The van der Waals surface area contributed by atoms with Gasteiger partial charge in [-0.05, 0) is 35.2 Å². The highest BCUT2D eigenvalue weighted by molar-refractivity contribution is 6.99. The van der Waals surface area contributed by atoms with E-state index in [1.807, 2.05) is 19.1 Å². The quantitative estimate of drug-likeness (QED) is 0.545. The summed E-state index contributed by atoms with van der Waals surface area (Å²) in [4.78, 5) is 12.5. The maximum absolute atomic E-state index is 12.5. The monoisotopic (exact) mass is 425 g/mol. The second-order valence-electron chi connectivity index (χ2n) is 9.24. The first-order valence-corrected chi connectivity index (χ1v) is 12.9. The van der Waals surface area contributed by atoms with Crippen LogP contribution in [0.15, 0.2) is 60.7 Å². The van der Waals surface area contributed by atoms with Crippen LogP contribution in [0.25, 0.3) is 0 Å². The molecule has 2 aromatic rings. The summed E-state index contributed by atoms with van der Waals surface area (Å²) in [5.74, 6) is -0.342. The fourth-order valence-corrected chi connectivity index (χ4v) is 9.46. The number of ether oxygens (including phenoxy) is 1. The van der Waals surface area contributed by atoms with Crippen molar-refractivity contribution in [1.29, 1.82) is 0 Å². The van der Waals surface area contributed by atoms with Gasteiger partial charge in [0.15, 0.2) is 0 Å². The van der Waals surface area contributed by atoms with E-state index < -0.39 is 8.32 Å². The van der Waals surface area contributed by atoms with Crippen LogP contribution in [0.1, 0.15) is 40.5 Å². The Kier molecular flexibility index (Phi) is 7.16. The second-order valence-corrected chi connectivity index (χ2v) is 13.5. The number of carbonyl (C=O) groups excluding carboxylic acids is 1. The van der Waals surface area contributed by atoms with E-state index in [0.29, 0.717) is 13.2 Å². The lowest BCUT2D eigenvalue weighted by Gasteiger charge is -2.44. The summed E-state index contributed by atoms with van der Waals surface area (Å²) in [5.41, 5.74) is 6.45. The summed E-state index contributed by atoms with van der Waals surface area (Å²) in [7, 11) is -2.64. The molecule has 2 aromatic carbocycles. The molecular formula is C25H35NO3Si. The molecule has 1 saturated carbocycles. The van der Waals surface area contributed by atoms with Crippen LogP contribution in [-0.2, 0) is 14.0 Å². The second kappa shape index (κ2) is 9.46. The third-order valence-electron chi connectivity index (χ3n) is 6.38. The molecule has 1 aliphatic carbocycles. The van der Waals surface area contributed by atoms with Gasteiger partial charge >= 0.3 is 5.97 Å². The van der Waals surface area contributed by atoms with Crippen molar-refractivity contribution in [2.75, 3.05) is 13.2 Å².